The zero-order valence-corrected chi connectivity index (χ0v) is 36.7. The maximum atomic E-state index is 13.5. The van der Waals surface area contributed by atoms with Crippen LogP contribution in [-0.4, -0.2) is 40.6 Å². The maximum Gasteiger partial charge on any atom is 0.329 e. The van der Waals surface area contributed by atoms with Gasteiger partial charge in [-0.25, -0.2) is 4.79 Å². The molecule has 3 rings (SSSR count). The van der Waals surface area contributed by atoms with Crippen molar-refractivity contribution >= 4 is 23.4 Å². The molecule has 1 aromatic heterocycles. The molecule has 2 aliphatic rings. The second-order valence-corrected chi connectivity index (χ2v) is 17.1. The number of nitrogens with zero attached hydrogens (tertiary/aromatic N) is 1. The minimum absolute atomic E-state index is 0.0130. The third kappa shape index (κ3) is 13.9. The average Bonchev–Trinajstić information content (AvgIpc) is 3.15. The number of allylic oxidation sites excluding steroid dienone is 21. The minimum atomic E-state index is -0.938. The fraction of sp³-hybridized carbons (Fsp3) is 0.392. The van der Waals surface area contributed by atoms with E-state index in [9.17, 15) is 19.2 Å². The van der Waals surface area contributed by atoms with Crippen LogP contribution >= 0.6 is 0 Å². The van der Waals surface area contributed by atoms with E-state index >= 15 is 0 Å². The first kappa shape index (κ1) is 46.9. The van der Waals surface area contributed by atoms with Gasteiger partial charge >= 0.3 is 5.97 Å². The van der Waals surface area contributed by atoms with Crippen LogP contribution in [0, 0.1) is 16.7 Å². The number of pyridine rings is 1. The quantitative estimate of drug-likeness (QED) is 0.140. The summed E-state index contributed by atoms with van der Waals surface area (Å²) in [4.78, 5) is 55.7. The highest BCUT2D eigenvalue weighted by Gasteiger charge is 2.41. The predicted molar refractivity (Wildman–Crippen MR) is 238 cm³/mol. The van der Waals surface area contributed by atoms with Crippen LogP contribution in [0.25, 0.3) is 0 Å². The van der Waals surface area contributed by atoms with E-state index < -0.39 is 29.4 Å². The van der Waals surface area contributed by atoms with Gasteiger partial charge in [-0.05, 0) is 99.1 Å². The van der Waals surface area contributed by atoms with Crippen LogP contribution < -0.4 is 5.32 Å². The predicted octanol–water partition coefficient (Wildman–Crippen LogP) is 11.3. The highest BCUT2D eigenvalue weighted by Crippen LogP contribution is 2.41. The Kier molecular flexibility index (Phi) is 17.3. The molecule has 1 amide bonds. The molecule has 0 spiro atoms. The minimum Gasteiger partial charge on any atom is -0.452 e. The Bertz CT molecular complexity index is 2050. The summed E-state index contributed by atoms with van der Waals surface area (Å²) in [6.45, 7) is 24.0. The SMILES string of the molecule is CC1=C(/C=C/C(C)=C/C=C/C(C)=C/C=C/C=C(C)/C=C/C=C(C)/C=C/C2=C(C)C(=O)[C@@H](OC(=O)[C@@H](NC(=O)c3cccnc3)C(C)C)CC2(C)C)C(C)(C)CCC1=O. The molecule has 1 heterocycles. The molecular weight excluding hydrogens is 721 g/mol. The summed E-state index contributed by atoms with van der Waals surface area (Å²) in [5.74, 6) is -1.28. The number of nitrogens with one attached hydrogen (secondary N) is 1. The lowest BCUT2D eigenvalue weighted by Crippen LogP contribution is -2.48. The van der Waals surface area contributed by atoms with Gasteiger partial charge in [0.25, 0.3) is 5.91 Å². The number of rotatable bonds is 15. The first-order valence-corrected chi connectivity index (χ1v) is 20.2. The number of hydrogen-bond acceptors (Lipinski definition) is 6. The first-order valence-electron chi connectivity index (χ1n) is 20.2. The number of esters is 1. The Morgan fingerprint density at radius 1 is 0.776 bits per heavy atom. The lowest BCUT2D eigenvalue weighted by Gasteiger charge is -2.37. The first-order chi connectivity index (χ1) is 27.2. The van der Waals surface area contributed by atoms with Gasteiger partial charge in [0.05, 0.1) is 5.56 Å². The molecule has 0 saturated carbocycles. The molecule has 7 heteroatoms. The number of ketones is 2. The molecule has 2 atom stereocenters. The van der Waals surface area contributed by atoms with Crippen LogP contribution in [-0.2, 0) is 19.1 Å². The molecule has 58 heavy (non-hydrogen) atoms. The molecule has 1 aromatic rings. The summed E-state index contributed by atoms with van der Waals surface area (Å²) >= 11 is 0. The molecule has 0 fully saturated rings. The van der Waals surface area contributed by atoms with Gasteiger partial charge in [-0.3, -0.25) is 19.4 Å². The maximum absolute atomic E-state index is 13.5. The Labute approximate surface area is 347 Å². The van der Waals surface area contributed by atoms with E-state index in [0.29, 0.717) is 24.0 Å². The summed E-state index contributed by atoms with van der Waals surface area (Å²) in [6, 6.07) is 2.36. The number of hydrogen-bond donors (Lipinski definition) is 1. The van der Waals surface area contributed by atoms with Crippen molar-refractivity contribution in [2.45, 2.75) is 114 Å². The summed E-state index contributed by atoms with van der Waals surface area (Å²) in [5, 5.41) is 2.75. The third-order valence-electron chi connectivity index (χ3n) is 10.7. The normalized spacial score (nSPS) is 20.5. The van der Waals surface area contributed by atoms with E-state index in [1.807, 2.05) is 97.1 Å². The Morgan fingerprint density at radius 3 is 1.81 bits per heavy atom. The number of carbonyl (C=O) groups is 4. The third-order valence-corrected chi connectivity index (χ3v) is 10.7. The van der Waals surface area contributed by atoms with Gasteiger partial charge in [-0.2, -0.15) is 0 Å². The van der Waals surface area contributed by atoms with Crippen molar-refractivity contribution in [1.82, 2.24) is 10.3 Å². The highest BCUT2D eigenvalue weighted by molar-refractivity contribution is 6.02. The van der Waals surface area contributed by atoms with Crippen LogP contribution in [0.5, 0.6) is 0 Å². The van der Waals surface area contributed by atoms with Crippen molar-refractivity contribution in [1.29, 1.82) is 0 Å². The topological polar surface area (TPSA) is 102 Å². The molecule has 0 unspecified atom stereocenters. The lowest BCUT2D eigenvalue weighted by atomic mass is 9.71. The molecule has 308 valence electrons. The van der Waals surface area contributed by atoms with Crippen molar-refractivity contribution in [3.63, 3.8) is 0 Å². The van der Waals surface area contributed by atoms with Crippen LogP contribution in [0.3, 0.4) is 0 Å². The molecular formula is C51H64N2O5. The van der Waals surface area contributed by atoms with E-state index in [4.69, 9.17) is 4.74 Å². The highest BCUT2D eigenvalue weighted by atomic mass is 16.5. The molecule has 0 bridgehead atoms. The Hall–Kier alpha value is -5.43. The van der Waals surface area contributed by atoms with Crippen molar-refractivity contribution in [3.05, 3.63) is 160 Å². The number of Topliss-reactive ketones (excluding diaryl/α,β-unsaturated/α-hetero) is 2. The van der Waals surface area contributed by atoms with Crippen molar-refractivity contribution in [2.75, 3.05) is 0 Å². The molecule has 0 aliphatic heterocycles. The molecule has 0 saturated heterocycles. The summed E-state index contributed by atoms with van der Waals surface area (Å²) in [6.07, 6.45) is 32.5. The van der Waals surface area contributed by atoms with Gasteiger partial charge < -0.3 is 10.1 Å². The number of amides is 1. The smallest absolute Gasteiger partial charge is 0.329 e. The molecule has 7 nitrogen and oxygen atoms in total. The fourth-order valence-corrected chi connectivity index (χ4v) is 6.95. The van der Waals surface area contributed by atoms with Gasteiger partial charge in [0.15, 0.2) is 17.7 Å². The zero-order valence-electron chi connectivity index (χ0n) is 36.7. The van der Waals surface area contributed by atoms with Crippen LogP contribution in [0.15, 0.2) is 154 Å². The number of aromatic nitrogens is 1. The summed E-state index contributed by atoms with van der Waals surface area (Å²) in [5.41, 5.74) is 7.76. The summed E-state index contributed by atoms with van der Waals surface area (Å²) in [7, 11) is 0. The van der Waals surface area contributed by atoms with E-state index in [0.717, 1.165) is 45.4 Å². The van der Waals surface area contributed by atoms with Crippen molar-refractivity contribution < 1.29 is 23.9 Å². The molecule has 1 N–H and O–H groups in total. The Balaban J connectivity index is 1.57. The average molecular weight is 785 g/mol. The second-order valence-electron chi connectivity index (χ2n) is 17.1. The lowest BCUT2D eigenvalue weighted by molar-refractivity contribution is -0.159. The molecule has 0 aromatic carbocycles. The van der Waals surface area contributed by atoms with Gasteiger partial charge in [0, 0.05) is 25.2 Å². The number of carbonyl (C=O) groups excluding carboxylic acids is 4. The Morgan fingerprint density at radius 2 is 1.29 bits per heavy atom. The van der Waals surface area contributed by atoms with Crippen LogP contribution in [0.1, 0.15) is 113 Å². The standard InChI is InChI=1S/C51H64N2O5/c1-34(2)46(53-48(56)41-24-17-31-52-33-41)49(57)58-45-32-51(11,12)43(40(8)47(45)55)28-26-38(6)23-16-21-36(4)19-14-13-18-35(3)20-15-22-37(5)25-27-42-39(7)44(54)29-30-50(42,9)10/h13-28,31,33-34,45-46H,29-30,32H2,1-12H3,(H,53,56)/b14-13+,20-15+,21-16+,27-25+,28-26+,35-18+,36-19+,37-22+,38-23+/t45-,46-/m0/s1. The second kappa shape index (κ2) is 21.4. The van der Waals surface area contributed by atoms with E-state index in [-0.39, 0.29) is 22.9 Å². The van der Waals surface area contributed by atoms with Crippen LogP contribution in [0.4, 0.5) is 0 Å². The molecule has 2 aliphatic carbocycles. The van der Waals surface area contributed by atoms with E-state index in [2.05, 4.69) is 74.5 Å². The monoisotopic (exact) mass is 784 g/mol. The zero-order chi connectivity index (χ0) is 43.2. The molecule has 0 radical (unpaired) electrons. The van der Waals surface area contributed by atoms with Gasteiger partial charge in [0.1, 0.15) is 6.04 Å². The number of ether oxygens (including phenoxy) is 1. The fourth-order valence-electron chi connectivity index (χ4n) is 6.95. The van der Waals surface area contributed by atoms with E-state index in [1.54, 1.807) is 25.3 Å². The van der Waals surface area contributed by atoms with Crippen LogP contribution in [0.2, 0.25) is 0 Å². The van der Waals surface area contributed by atoms with E-state index in [1.165, 1.54) is 6.20 Å². The van der Waals surface area contributed by atoms with Gasteiger partial charge in [-0.1, -0.05) is 149 Å². The van der Waals surface area contributed by atoms with Crippen molar-refractivity contribution in [2.24, 2.45) is 16.7 Å². The largest absolute Gasteiger partial charge is 0.452 e. The summed E-state index contributed by atoms with van der Waals surface area (Å²) < 4.78 is 5.80. The van der Waals surface area contributed by atoms with Gasteiger partial charge in [-0.15, -0.1) is 0 Å². The van der Waals surface area contributed by atoms with Gasteiger partial charge in [0.2, 0.25) is 0 Å². The van der Waals surface area contributed by atoms with Crippen molar-refractivity contribution in [3.8, 4) is 0 Å².